The average Bonchev–Trinajstić information content (AvgIpc) is 2.57. The lowest BCUT2D eigenvalue weighted by molar-refractivity contribution is -0.123. The summed E-state index contributed by atoms with van der Waals surface area (Å²) >= 11 is 6.13. The number of hydrogen-bond acceptors (Lipinski definition) is 3. The van der Waals surface area contributed by atoms with Crippen molar-refractivity contribution >= 4 is 17.5 Å². The van der Waals surface area contributed by atoms with Crippen LogP contribution in [0, 0.1) is 5.92 Å². The first-order valence-corrected chi connectivity index (χ1v) is 8.93. The molecule has 2 atom stereocenters. The van der Waals surface area contributed by atoms with Crippen LogP contribution >= 0.6 is 11.6 Å². The minimum atomic E-state index is -0.0134. The van der Waals surface area contributed by atoms with E-state index in [9.17, 15) is 4.79 Å². The fourth-order valence-electron chi connectivity index (χ4n) is 2.96. The number of carbonyl (C=O) groups is 1. The first-order chi connectivity index (χ1) is 11.2. The van der Waals surface area contributed by atoms with E-state index in [0.717, 1.165) is 49.5 Å². The second-order valence-electron chi connectivity index (χ2n) is 6.05. The van der Waals surface area contributed by atoms with Crippen molar-refractivity contribution in [2.24, 2.45) is 5.92 Å². The van der Waals surface area contributed by atoms with Crippen LogP contribution in [0.2, 0.25) is 5.02 Å². The zero-order valence-corrected chi connectivity index (χ0v) is 14.6. The molecule has 1 aromatic carbocycles. The maximum atomic E-state index is 11.7. The normalized spacial score (nSPS) is 19.3. The van der Waals surface area contributed by atoms with Crippen LogP contribution in [0.4, 0.5) is 0 Å². The van der Waals surface area contributed by atoms with Gasteiger partial charge in [-0.1, -0.05) is 30.7 Å². The quantitative estimate of drug-likeness (QED) is 0.764. The number of benzene rings is 1. The van der Waals surface area contributed by atoms with E-state index in [2.05, 4.69) is 16.7 Å². The topological polar surface area (TPSA) is 50.4 Å². The van der Waals surface area contributed by atoms with E-state index >= 15 is 0 Å². The van der Waals surface area contributed by atoms with E-state index in [1.165, 1.54) is 0 Å². The Balaban J connectivity index is 1.95. The Bertz CT molecular complexity index is 490. The Kier molecular flexibility index (Phi) is 7.86. The highest BCUT2D eigenvalue weighted by molar-refractivity contribution is 6.30. The molecule has 1 amide bonds. The van der Waals surface area contributed by atoms with E-state index in [4.69, 9.17) is 16.3 Å². The minimum Gasteiger partial charge on any atom is -0.373 e. The van der Waals surface area contributed by atoms with Crippen LogP contribution in [0.5, 0.6) is 0 Å². The second kappa shape index (κ2) is 9.91. The van der Waals surface area contributed by atoms with Crippen LogP contribution in [0.25, 0.3) is 0 Å². The summed E-state index contributed by atoms with van der Waals surface area (Å²) in [5, 5.41) is 7.04. The molecule has 0 spiro atoms. The van der Waals surface area contributed by atoms with E-state index in [-0.39, 0.29) is 12.0 Å². The van der Waals surface area contributed by atoms with Crippen LogP contribution in [0.3, 0.4) is 0 Å². The van der Waals surface area contributed by atoms with Crippen LogP contribution in [-0.2, 0) is 9.53 Å². The molecule has 5 heteroatoms. The molecule has 0 saturated carbocycles. The molecule has 1 saturated heterocycles. The maximum absolute atomic E-state index is 11.7. The number of halogens is 1. The summed E-state index contributed by atoms with van der Waals surface area (Å²) in [6.07, 6.45) is 3.62. The molecular formula is C18H27ClN2O2. The van der Waals surface area contributed by atoms with Gasteiger partial charge in [0.15, 0.2) is 0 Å². The van der Waals surface area contributed by atoms with E-state index in [1.54, 1.807) is 0 Å². The molecule has 4 nitrogen and oxygen atoms in total. The zero-order valence-electron chi connectivity index (χ0n) is 13.8. The van der Waals surface area contributed by atoms with Gasteiger partial charge in [-0.15, -0.1) is 0 Å². The molecule has 2 rings (SSSR count). The van der Waals surface area contributed by atoms with Crippen LogP contribution in [-0.4, -0.2) is 32.1 Å². The van der Waals surface area contributed by atoms with Gasteiger partial charge in [0.1, 0.15) is 0 Å². The largest absolute Gasteiger partial charge is 0.373 e. The predicted molar refractivity (Wildman–Crippen MR) is 93.7 cm³/mol. The number of hydrogen-bond donors (Lipinski definition) is 2. The van der Waals surface area contributed by atoms with Crippen LogP contribution < -0.4 is 10.6 Å². The molecule has 1 unspecified atom stereocenters. The molecule has 0 aromatic heterocycles. The molecule has 0 radical (unpaired) electrons. The Morgan fingerprint density at radius 1 is 1.52 bits per heavy atom. The van der Waals surface area contributed by atoms with Gasteiger partial charge in [0.25, 0.3) is 0 Å². The predicted octanol–water partition coefficient (Wildman–Crippen LogP) is 3.31. The lowest BCUT2D eigenvalue weighted by atomic mass is 9.89. The highest BCUT2D eigenvalue weighted by Gasteiger charge is 2.26. The molecule has 128 valence electrons. The average molecular weight is 339 g/mol. The van der Waals surface area contributed by atoms with E-state index < -0.39 is 0 Å². The summed E-state index contributed by atoms with van der Waals surface area (Å²) in [5.74, 6) is 0.472. The van der Waals surface area contributed by atoms with Crippen molar-refractivity contribution in [3.05, 3.63) is 34.9 Å². The zero-order chi connectivity index (χ0) is 16.5. The number of piperidine rings is 1. The first kappa shape index (κ1) is 18.2. The van der Waals surface area contributed by atoms with E-state index in [1.807, 2.05) is 25.1 Å². The molecule has 2 N–H and O–H groups in total. The Labute approximate surface area is 143 Å². The molecule has 1 heterocycles. The van der Waals surface area contributed by atoms with Gasteiger partial charge in [-0.3, -0.25) is 4.79 Å². The third-order valence-electron chi connectivity index (χ3n) is 4.14. The Morgan fingerprint density at radius 3 is 3.09 bits per heavy atom. The maximum Gasteiger partial charge on any atom is 0.222 e. The fourth-order valence-corrected chi connectivity index (χ4v) is 3.16. The lowest BCUT2D eigenvalue weighted by Gasteiger charge is -2.31. The SMILES string of the molecule is CCCNC(=O)CCO[C@@H](c1cccc(Cl)c1)C1CCCNC1. The molecular weight excluding hydrogens is 312 g/mol. The Morgan fingerprint density at radius 2 is 2.39 bits per heavy atom. The molecule has 0 aliphatic carbocycles. The lowest BCUT2D eigenvalue weighted by Crippen LogP contribution is -2.34. The summed E-state index contributed by atoms with van der Waals surface area (Å²) in [7, 11) is 0. The van der Waals surface area contributed by atoms with Crippen molar-refractivity contribution in [3.63, 3.8) is 0 Å². The van der Waals surface area contributed by atoms with Gasteiger partial charge in [-0.2, -0.15) is 0 Å². The van der Waals surface area contributed by atoms with E-state index in [0.29, 0.717) is 18.9 Å². The highest BCUT2D eigenvalue weighted by Crippen LogP contribution is 2.32. The van der Waals surface area contributed by atoms with Crippen molar-refractivity contribution < 1.29 is 9.53 Å². The van der Waals surface area contributed by atoms with Crippen molar-refractivity contribution in [1.82, 2.24) is 10.6 Å². The Hall–Kier alpha value is -1.10. The second-order valence-corrected chi connectivity index (χ2v) is 6.49. The highest BCUT2D eigenvalue weighted by atomic mass is 35.5. The number of carbonyl (C=O) groups excluding carboxylic acids is 1. The van der Waals surface area contributed by atoms with Gasteiger partial charge in [-0.25, -0.2) is 0 Å². The third-order valence-corrected chi connectivity index (χ3v) is 4.37. The monoisotopic (exact) mass is 338 g/mol. The number of ether oxygens (including phenoxy) is 1. The molecule has 1 aliphatic rings. The number of nitrogens with one attached hydrogen (secondary N) is 2. The van der Waals surface area contributed by atoms with Gasteiger partial charge < -0.3 is 15.4 Å². The van der Waals surface area contributed by atoms with Crippen molar-refractivity contribution in [2.75, 3.05) is 26.2 Å². The summed E-state index contributed by atoms with van der Waals surface area (Å²) in [6, 6.07) is 7.86. The fraction of sp³-hybridized carbons (Fsp3) is 0.611. The van der Waals surface area contributed by atoms with Gasteiger partial charge in [-0.05, 0) is 43.5 Å². The van der Waals surface area contributed by atoms with Gasteiger partial charge in [0.2, 0.25) is 5.91 Å². The summed E-state index contributed by atoms with van der Waals surface area (Å²) in [4.78, 5) is 11.7. The smallest absolute Gasteiger partial charge is 0.222 e. The molecule has 23 heavy (non-hydrogen) atoms. The van der Waals surface area contributed by atoms with Gasteiger partial charge in [0, 0.05) is 30.5 Å². The molecule has 1 fully saturated rings. The number of rotatable bonds is 8. The van der Waals surface area contributed by atoms with Crippen molar-refractivity contribution in [1.29, 1.82) is 0 Å². The van der Waals surface area contributed by atoms with Crippen LogP contribution in [0.1, 0.15) is 44.3 Å². The van der Waals surface area contributed by atoms with Gasteiger partial charge in [0.05, 0.1) is 12.7 Å². The third kappa shape index (κ3) is 6.13. The minimum absolute atomic E-state index is 0.0134. The summed E-state index contributed by atoms with van der Waals surface area (Å²) < 4.78 is 6.11. The molecule has 0 bridgehead atoms. The molecule has 1 aromatic rings. The molecule has 1 aliphatic heterocycles. The summed E-state index contributed by atoms with van der Waals surface area (Å²) in [5.41, 5.74) is 1.10. The van der Waals surface area contributed by atoms with Crippen molar-refractivity contribution in [3.8, 4) is 0 Å². The van der Waals surface area contributed by atoms with Crippen LogP contribution in [0.15, 0.2) is 24.3 Å². The van der Waals surface area contributed by atoms with Gasteiger partial charge >= 0.3 is 0 Å². The number of amides is 1. The first-order valence-electron chi connectivity index (χ1n) is 8.55. The summed E-state index contributed by atoms with van der Waals surface area (Å²) in [6.45, 7) is 5.21. The van der Waals surface area contributed by atoms with Crippen molar-refractivity contribution in [2.45, 2.75) is 38.7 Å². The standard InChI is InChI=1S/C18H27ClN2O2/c1-2-9-21-17(22)8-11-23-18(15-6-4-10-20-13-15)14-5-3-7-16(19)12-14/h3,5,7,12,15,18,20H,2,4,6,8-11,13H2,1H3,(H,21,22)/t15?,18-/m0/s1.